The predicted octanol–water partition coefficient (Wildman–Crippen LogP) is 3.19. The number of rotatable bonds is 7. The van der Waals surface area contributed by atoms with Gasteiger partial charge in [-0.2, -0.15) is 0 Å². The minimum atomic E-state index is 0.397. The lowest BCUT2D eigenvalue weighted by atomic mass is 10.1. The Kier molecular flexibility index (Phi) is 5.46. The van der Waals surface area contributed by atoms with E-state index in [9.17, 15) is 0 Å². The van der Waals surface area contributed by atoms with Gasteiger partial charge in [0, 0.05) is 6.54 Å². The molecule has 2 aromatic carbocycles. The molecular formula is C19H23NO2. The van der Waals surface area contributed by atoms with Crippen molar-refractivity contribution in [1.82, 2.24) is 5.32 Å². The fourth-order valence-corrected chi connectivity index (χ4v) is 2.61. The summed E-state index contributed by atoms with van der Waals surface area (Å²) in [6.07, 6.45) is 2.48. The minimum absolute atomic E-state index is 0.397. The molecule has 3 heteroatoms. The molecule has 1 heterocycles. The molecule has 3 rings (SSSR count). The second-order valence-corrected chi connectivity index (χ2v) is 5.65. The summed E-state index contributed by atoms with van der Waals surface area (Å²) >= 11 is 0. The van der Waals surface area contributed by atoms with Crippen molar-refractivity contribution in [1.29, 1.82) is 0 Å². The van der Waals surface area contributed by atoms with Gasteiger partial charge in [0.1, 0.15) is 12.4 Å². The van der Waals surface area contributed by atoms with Crippen LogP contribution in [0.4, 0.5) is 0 Å². The van der Waals surface area contributed by atoms with Gasteiger partial charge in [-0.3, -0.25) is 0 Å². The van der Waals surface area contributed by atoms with Gasteiger partial charge in [-0.05, 0) is 42.6 Å². The van der Waals surface area contributed by atoms with E-state index < -0.39 is 0 Å². The maximum atomic E-state index is 5.85. The molecule has 1 atom stereocenters. The highest BCUT2D eigenvalue weighted by Crippen LogP contribution is 2.15. The van der Waals surface area contributed by atoms with Crippen LogP contribution in [0.1, 0.15) is 17.5 Å². The Balaban J connectivity index is 1.41. The van der Waals surface area contributed by atoms with E-state index in [-0.39, 0.29) is 0 Å². The number of ether oxygens (including phenoxy) is 2. The number of hydrogen-bond donors (Lipinski definition) is 1. The second-order valence-electron chi connectivity index (χ2n) is 5.65. The van der Waals surface area contributed by atoms with Gasteiger partial charge < -0.3 is 14.8 Å². The van der Waals surface area contributed by atoms with Crippen molar-refractivity contribution in [2.24, 2.45) is 0 Å². The predicted molar refractivity (Wildman–Crippen MR) is 88.1 cm³/mol. The van der Waals surface area contributed by atoms with Crippen LogP contribution in [0, 0.1) is 0 Å². The van der Waals surface area contributed by atoms with Gasteiger partial charge in [-0.25, -0.2) is 0 Å². The molecular weight excluding hydrogens is 274 g/mol. The Morgan fingerprint density at radius 2 is 1.77 bits per heavy atom. The van der Waals surface area contributed by atoms with Crippen molar-refractivity contribution < 1.29 is 9.47 Å². The van der Waals surface area contributed by atoms with Crippen LogP contribution in [0.3, 0.4) is 0 Å². The molecule has 0 aromatic heterocycles. The zero-order valence-corrected chi connectivity index (χ0v) is 12.8. The Bertz CT molecular complexity index is 547. The van der Waals surface area contributed by atoms with Crippen LogP contribution in [-0.2, 0) is 17.8 Å². The molecule has 1 aliphatic heterocycles. The zero-order valence-electron chi connectivity index (χ0n) is 12.8. The van der Waals surface area contributed by atoms with Crippen LogP contribution >= 0.6 is 0 Å². The van der Waals surface area contributed by atoms with E-state index >= 15 is 0 Å². The first kappa shape index (κ1) is 15.1. The van der Waals surface area contributed by atoms with Gasteiger partial charge >= 0.3 is 0 Å². The number of hydrogen-bond acceptors (Lipinski definition) is 3. The summed E-state index contributed by atoms with van der Waals surface area (Å²) in [6, 6.07) is 18.5. The van der Waals surface area contributed by atoms with Gasteiger partial charge in [0.05, 0.1) is 12.7 Å². The standard InChI is InChI=1S/C19H23NO2/c1-2-4-17(5-3-1)15-22-18-8-6-16(7-9-18)11-13-21-19-10-12-20-14-19/h1-9,19-20H,10-15H2/t19-/m1/s1. The van der Waals surface area contributed by atoms with E-state index in [4.69, 9.17) is 9.47 Å². The van der Waals surface area contributed by atoms with Crippen LogP contribution < -0.4 is 10.1 Å². The summed E-state index contributed by atoms with van der Waals surface area (Å²) in [7, 11) is 0. The van der Waals surface area contributed by atoms with E-state index in [2.05, 4.69) is 29.6 Å². The molecule has 3 nitrogen and oxygen atoms in total. The maximum Gasteiger partial charge on any atom is 0.119 e. The van der Waals surface area contributed by atoms with Crippen LogP contribution in [0.5, 0.6) is 5.75 Å². The lowest BCUT2D eigenvalue weighted by Gasteiger charge is -2.11. The van der Waals surface area contributed by atoms with E-state index in [1.807, 2.05) is 30.3 Å². The molecule has 1 fully saturated rings. The molecule has 0 unspecified atom stereocenters. The second kappa shape index (κ2) is 7.97. The normalized spacial score (nSPS) is 17.5. The molecule has 1 saturated heterocycles. The van der Waals surface area contributed by atoms with E-state index in [0.29, 0.717) is 12.7 Å². The summed E-state index contributed by atoms with van der Waals surface area (Å²) in [5.74, 6) is 0.911. The lowest BCUT2D eigenvalue weighted by Crippen LogP contribution is -2.17. The molecule has 0 radical (unpaired) electrons. The molecule has 22 heavy (non-hydrogen) atoms. The fourth-order valence-electron chi connectivity index (χ4n) is 2.61. The summed E-state index contributed by atoms with van der Waals surface area (Å²) in [5.41, 5.74) is 2.48. The van der Waals surface area contributed by atoms with E-state index in [1.54, 1.807) is 0 Å². The molecule has 0 spiro atoms. The average molecular weight is 297 g/mol. The molecule has 2 aromatic rings. The molecule has 0 saturated carbocycles. The summed E-state index contributed by atoms with van der Waals surface area (Å²) < 4.78 is 11.6. The van der Waals surface area contributed by atoms with Crippen molar-refractivity contribution >= 4 is 0 Å². The summed E-state index contributed by atoms with van der Waals surface area (Å²) in [4.78, 5) is 0. The van der Waals surface area contributed by atoms with Gasteiger partial charge in [0.2, 0.25) is 0 Å². The largest absolute Gasteiger partial charge is 0.489 e. The molecule has 116 valence electrons. The lowest BCUT2D eigenvalue weighted by molar-refractivity contribution is 0.0694. The van der Waals surface area contributed by atoms with Gasteiger partial charge in [0.25, 0.3) is 0 Å². The molecule has 0 bridgehead atoms. The molecule has 0 amide bonds. The first-order chi connectivity index (χ1) is 10.9. The van der Waals surface area contributed by atoms with Crippen molar-refractivity contribution in [3.8, 4) is 5.75 Å². The molecule has 1 N–H and O–H groups in total. The highest BCUT2D eigenvalue weighted by Gasteiger charge is 2.13. The summed E-state index contributed by atoms with van der Waals surface area (Å²) in [5, 5.41) is 3.31. The number of benzene rings is 2. The topological polar surface area (TPSA) is 30.5 Å². The van der Waals surface area contributed by atoms with Crippen molar-refractivity contribution in [2.75, 3.05) is 19.7 Å². The highest BCUT2D eigenvalue weighted by atomic mass is 16.5. The number of nitrogens with one attached hydrogen (secondary N) is 1. The van der Waals surface area contributed by atoms with Crippen LogP contribution in [0.2, 0.25) is 0 Å². The smallest absolute Gasteiger partial charge is 0.119 e. The third-order valence-electron chi connectivity index (χ3n) is 3.93. The SMILES string of the molecule is c1ccc(COc2ccc(CCO[C@@H]3CCNC3)cc2)cc1. The fraction of sp³-hybridized carbons (Fsp3) is 0.368. The Hall–Kier alpha value is -1.84. The zero-order chi connectivity index (χ0) is 15.0. The van der Waals surface area contributed by atoms with Crippen LogP contribution in [0.25, 0.3) is 0 Å². The van der Waals surface area contributed by atoms with Gasteiger partial charge in [0.15, 0.2) is 0 Å². The summed E-state index contributed by atoms with van der Waals surface area (Å²) in [6.45, 7) is 3.47. The average Bonchev–Trinajstić information content (AvgIpc) is 3.08. The Morgan fingerprint density at radius 3 is 2.50 bits per heavy atom. The van der Waals surface area contributed by atoms with Gasteiger partial charge in [-0.1, -0.05) is 42.5 Å². The van der Waals surface area contributed by atoms with Crippen molar-refractivity contribution in [2.45, 2.75) is 25.6 Å². The van der Waals surface area contributed by atoms with E-state index in [0.717, 1.165) is 38.3 Å². The minimum Gasteiger partial charge on any atom is -0.489 e. The van der Waals surface area contributed by atoms with Crippen molar-refractivity contribution in [3.63, 3.8) is 0 Å². The Morgan fingerprint density at radius 1 is 0.955 bits per heavy atom. The quantitative estimate of drug-likeness (QED) is 0.851. The maximum absolute atomic E-state index is 5.85. The van der Waals surface area contributed by atoms with Crippen LogP contribution in [-0.4, -0.2) is 25.8 Å². The highest BCUT2D eigenvalue weighted by molar-refractivity contribution is 5.28. The van der Waals surface area contributed by atoms with Crippen LogP contribution in [0.15, 0.2) is 54.6 Å². The first-order valence-electron chi connectivity index (χ1n) is 7.98. The van der Waals surface area contributed by atoms with Crippen molar-refractivity contribution in [3.05, 3.63) is 65.7 Å². The Labute approximate surface area is 132 Å². The third-order valence-corrected chi connectivity index (χ3v) is 3.93. The molecule has 1 aliphatic rings. The first-order valence-corrected chi connectivity index (χ1v) is 7.98. The monoisotopic (exact) mass is 297 g/mol. The third kappa shape index (κ3) is 4.58. The van der Waals surface area contributed by atoms with Gasteiger partial charge in [-0.15, -0.1) is 0 Å². The molecule has 0 aliphatic carbocycles. The van der Waals surface area contributed by atoms with E-state index in [1.165, 1.54) is 11.1 Å².